The molecule has 0 unspecified atom stereocenters. The van der Waals surface area contributed by atoms with Crippen molar-refractivity contribution in [1.82, 2.24) is 10.2 Å². The van der Waals surface area contributed by atoms with Crippen molar-refractivity contribution in [2.75, 3.05) is 35.9 Å². The topological polar surface area (TPSA) is 89.7 Å². The molecule has 12 heteroatoms. The minimum Gasteiger partial charge on any atom is -0.454 e. The zero-order chi connectivity index (χ0) is 23.7. The number of carbonyl (C=O) groups is 1. The monoisotopic (exact) mass is 492 g/mol. The standard InChI is InChI=1S/C22H19F3N4O4S/c23-22(24,25)14-4-5-16(29-7-1-2-8-29)15(10-14)26-19(30)11-34-21-28-27-20(33-21)13-3-6-17-18(9-13)32-12-31-17/h3-6,9-10H,1-2,7-8,11-12H2,(H,26,30). The molecule has 0 aliphatic carbocycles. The molecule has 0 atom stereocenters. The third-order valence-electron chi connectivity index (χ3n) is 5.40. The third kappa shape index (κ3) is 4.76. The largest absolute Gasteiger partial charge is 0.454 e. The van der Waals surface area contributed by atoms with Gasteiger partial charge in [-0.15, -0.1) is 10.2 Å². The van der Waals surface area contributed by atoms with Gasteiger partial charge in [0.25, 0.3) is 5.22 Å². The number of anilines is 2. The first kappa shape index (κ1) is 22.4. The summed E-state index contributed by atoms with van der Waals surface area (Å²) in [5.74, 6) is 0.845. The van der Waals surface area contributed by atoms with Crippen LogP contribution in [-0.2, 0) is 11.0 Å². The molecule has 1 N–H and O–H groups in total. The number of fused-ring (bicyclic) bond motifs is 1. The number of rotatable bonds is 6. The van der Waals surface area contributed by atoms with Gasteiger partial charge in [-0.05, 0) is 49.2 Å². The van der Waals surface area contributed by atoms with E-state index in [1.54, 1.807) is 18.2 Å². The van der Waals surface area contributed by atoms with Crippen molar-refractivity contribution in [2.45, 2.75) is 24.2 Å². The van der Waals surface area contributed by atoms with E-state index in [1.165, 1.54) is 6.07 Å². The summed E-state index contributed by atoms with van der Waals surface area (Å²) in [5, 5.41) is 10.7. The lowest BCUT2D eigenvalue weighted by Crippen LogP contribution is -2.22. The number of amides is 1. The minimum absolute atomic E-state index is 0.113. The van der Waals surface area contributed by atoms with Crippen LogP contribution in [0.3, 0.4) is 0 Å². The first-order valence-electron chi connectivity index (χ1n) is 10.5. The maximum absolute atomic E-state index is 13.2. The van der Waals surface area contributed by atoms with Gasteiger partial charge in [-0.1, -0.05) is 11.8 Å². The van der Waals surface area contributed by atoms with E-state index >= 15 is 0 Å². The molecule has 0 saturated carbocycles. The van der Waals surface area contributed by atoms with Crippen LogP contribution in [0.25, 0.3) is 11.5 Å². The molecule has 3 heterocycles. The smallest absolute Gasteiger partial charge is 0.416 e. The highest BCUT2D eigenvalue weighted by Gasteiger charge is 2.32. The van der Waals surface area contributed by atoms with Crippen LogP contribution >= 0.6 is 11.8 Å². The number of hydrogen-bond acceptors (Lipinski definition) is 8. The minimum atomic E-state index is -4.51. The second kappa shape index (κ2) is 9.09. The molecule has 0 radical (unpaired) electrons. The van der Waals surface area contributed by atoms with Crippen LogP contribution in [0.5, 0.6) is 11.5 Å². The molecule has 3 aromatic rings. The maximum atomic E-state index is 13.2. The van der Waals surface area contributed by atoms with Crippen LogP contribution in [0, 0.1) is 0 Å². The Morgan fingerprint density at radius 1 is 1.06 bits per heavy atom. The molecule has 1 fully saturated rings. The summed E-state index contributed by atoms with van der Waals surface area (Å²) in [6.45, 7) is 1.60. The van der Waals surface area contributed by atoms with Crippen molar-refractivity contribution in [3.05, 3.63) is 42.0 Å². The normalized spacial score (nSPS) is 15.1. The molecule has 34 heavy (non-hydrogen) atoms. The van der Waals surface area contributed by atoms with Gasteiger partial charge in [0.1, 0.15) is 0 Å². The third-order valence-corrected chi connectivity index (χ3v) is 6.22. The molecule has 8 nitrogen and oxygen atoms in total. The molecule has 2 aliphatic heterocycles. The molecule has 2 aromatic carbocycles. The van der Waals surface area contributed by atoms with Gasteiger partial charge in [0.2, 0.25) is 18.6 Å². The fourth-order valence-corrected chi connectivity index (χ4v) is 4.34. The number of hydrogen-bond donors (Lipinski definition) is 1. The Balaban J connectivity index is 1.26. The zero-order valence-electron chi connectivity index (χ0n) is 17.7. The van der Waals surface area contributed by atoms with E-state index in [0.29, 0.717) is 22.7 Å². The summed E-state index contributed by atoms with van der Waals surface area (Å²) in [6, 6.07) is 8.61. The summed E-state index contributed by atoms with van der Waals surface area (Å²) in [4.78, 5) is 14.5. The number of nitrogens with zero attached hydrogens (tertiary/aromatic N) is 3. The highest BCUT2D eigenvalue weighted by molar-refractivity contribution is 7.99. The average molecular weight is 492 g/mol. The zero-order valence-corrected chi connectivity index (χ0v) is 18.5. The van der Waals surface area contributed by atoms with Crippen LogP contribution in [0.15, 0.2) is 46.0 Å². The first-order valence-corrected chi connectivity index (χ1v) is 11.5. The molecular weight excluding hydrogens is 473 g/mol. The van der Waals surface area contributed by atoms with E-state index < -0.39 is 17.6 Å². The van der Waals surface area contributed by atoms with E-state index in [2.05, 4.69) is 15.5 Å². The highest BCUT2D eigenvalue weighted by Crippen LogP contribution is 2.38. The Morgan fingerprint density at radius 2 is 1.85 bits per heavy atom. The van der Waals surface area contributed by atoms with Crippen LogP contribution in [0.1, 0.15) is 18.4 Å². The SMILES string of the molecule is O=C(CSc1nnc(-c2ccc3c(c2)OCO3)o1)Nc1cc(C(F)(F)F)ccc1N1CCCC1. The number of halogens is 3. The van der Waals surface area contributed by atoms with Gasteiger partial charge in [-0.3, -0.25) is 4.79 Å². The van der Waals surface area contributed by atoms with Crippen molar-refractivity contribution in [3.63, 3.8) is 0 Å². The number of carbonyl (C=O) groups excluding carboxylic acids is 1. The summed E-state index contributed by atoms with van der Waals surface area (Å²) in [5.41, 5.74) is 0.525. The Bertz CT molecular complexity index is 1210. The number of ether oxygens (including phenoxy) is 2. The lowest BCUT2D eigenvalue weighted by Gasteiger charge is -2.22. The van der Waals surface area contributed by atoms with Crippen LogP contribution in [-0.4, -0.2) is 41.7 Å². The summed E-state index contributed by atoms with van der Waals surface area (Å²) in [6.07, 6.45) is -2.60. The number of benzene rings is 2. The number of nitrogens with one attached hydrogen (secondary N) is 1. The van der Waals surface area contributed by atoms with Gasteiger partial charge < -0.3 is 24.1 Å². The first-order chi connectivity index (χ1) is 16.4. The Labute approximate surface area is 196 Å². The van der Waals surface area contributed by atoms with Gasteiger partial charge >= 0.3 is 6.18 Å². The van der Waals surface area contributed by atoms with Crippen LogP contribution in [0.4, 0.5) is 24.5 Å². The van der Waals surface area contributed by atoms with Crippen molar-refractivity contribution in [3.8, 4) is 23.0 Å². The van der Waals surface area contributed by atoms with E-state index in [0.717, 1.165) is 49.8 Å². The number of alkyl halides is 3. The molecule has 1 saturated heterocycles. The van der Waals surface area contributed by atoms with E-state index in [1.807, 2.05) is 4.90 Å². The van der Waals surface area contributed by atoms with E-state index in [4.69, 9.17) is 13.9 Å². The molecule has 2 aliphatic rings. The second-order valence-corrected chi connectivity index (χ2v) is 8.63. The predicted octanol–water partition coefficient (Wildman–Crippen LogP) is 4.82. The van der Waals surface area contributed by atoms with Gasteiger partial charge in [0, 0.05) is 18.7 Å². The quantitative estimate of drug-likeness (QED) is 0.490. The Hall–Kier alpha value is -3.41. The van der Waals surface area contributed by atoms with Gasteiger partial charge in [0.05, 0.1) is 22.7 Å². The molecule has 1 amide bonds. The number of aromatic nitrogens is 2. The van der Waals surface area contributed by atoms with Gasteiger partial charge in [0.15, 0.2) is 11.5 Å². The van der Waals surface area contributed by atoms with Crippen LogP contribution < -0.4 is 19.7 Å². The molecule has 0 spiro atoms. The lowest BCUT2D eigenvalue weighted by atomic mass is 10.1. The van der Waals surface area contributed by atoms with Crippen molar-refractivity contribution < 1.29 is 31.9 Å². The molecule has 178 valence electrons. The lowest BCUT2D eigenvalue weighted by molar-refractivity contribution is -0.137. The summed E-state index contributed by atoms with van der Waals surface area (Å²) < 4.78 is 55.9. The number of thioether (sulfide) groups is 1. The predicted molar refractivity (Wildman–Crippen MR) is 118 cm³/mol. The fourth-order valence-electron chi connectivity index (χ4n) is 3.77. The Kier molecular flexibility index (Phi) is 5.98. The van der Waals surface area contributed by atoms with Gasteiger partial charge in [-0.2, -0.15) is 13.2 Å². The Morgan fingerprint density at radius 3 is 2.65 bits per heavy atom. The van der Waals surface area contributed by atoms with E-state index in [9.17, 15) is 18.0 Å². The fraction of sp³-hybridized carbons (Fsp3) is 0.318. The molecule has 1 aromatic heterocycles. The summed E-state index contributed by atoms with van der Waals surface area (Å²) >= 11 is 0.992. The molecular formula is C22H19F3N4O4S. The molecule has 5 rings (SSSR count). The summed E-state index contributed by atoms with van der Waals surface area (Å²) in [7, 11) is 0. The second-order valence-electron chi connectivity index (χ2n) is 7.70. The van der Waals surface area contributed by atoms with Crippen molar-refractivity contribution >= 4 is 29.0 Å². The maximum Gasteiger partial charge on any atom is 0.416 e. The van der Waals surface area contributed by atoms with Gasteiger partial charge in [-0.25, -0.2) is 0 Å². The highest BCUT2D eigenvalue weighted by atomic mass is 32.2. The van der Waals surface area contributed by atoms with E-state index in [-0.39, 0.29) is 29.3 Å². The van der Waals surface area contributed by atoms with Crippen molar-refractivity contribution in [2.24, 2.45) is 0 Å². The molecule has 0 bridgehead atoms. The van der Waals surface area contributed by atoms with Crippen molar-refractivity contribution in [1.29, 1.82) is 0 Å². The average Bonchev–Trinajstić information content (AvgIpc) is 3.58. The van der Waals surface area contributed by atoms with Crippen LogP contribution in [0.2, 0.25) is 0 Å².